The van der Waals surface area contributed by atoms with E-state index in [0.29, 0.717) is 17.2 Å². The largest absolute Gasteiger partial charge is 0.314 e. The molecule has 0 heterocycles. The van der Waals surface area contributed by atoms with Crippen LogP contribution in [-0.2, 0) is 10.8 Å². The summed E-state index contributed by atoms with van der Waals surface area (Å²) in [6, 6.07) is 0.620. The minimum Gasteiger partial charge on any atom is -0.314 e. The molecule has 0 radical (unpaired) electrons. The molecule has 1 rings (SSSR count). The standard InChI is InChI=1S/C13H27NOS/c1-4-8-14-12-6-5-7-13(9-12)16(15)10-11(2)3/h11-14H,4-10H2,1-3H3. The van der Waals surface area contributed by atoms with Crippen LogP contribution in [0.15, 0.2) is 0 Å². The fourth-order valence-corrected chi connectivity index (χ4v) is 4.19. The van der Waals surface area contributed by atoms with Gasteiger partial charge in [-0.2, -0.15) is 0 Å². The van der Waals surface area contributed by atoms with Gasteiger partial charge in [0.15, 0.2) is 0 Å². The normalized spacial score (nSPS) is 28.2. The Morgan fingerprint density at radius 2 is 2.12 bits per heavy atom. The SMILES string of the molecule is CCCNC1CCCC(S(=O)CC(C)C)C1. The van der Waals surface area contributed by atoms with Gasteiger partial charge in [0.2, 0.25) is 0 Å². The smallest absolute Gasteiger partial charge is 0.0362 e. The molecule has 0 saturated heterocycles. The van der Waals surface area contributed by atoms with Gasteiger partial charge in [0, 0.05) is 27.8 Å². The Hall–Kier alpha value is 0.110. The zero-order valence-electron chi connectivity index (χ0n) is 11.0. The van der Waals surface area contributed by atoms with Gasteiger partial charge in [0.25, 0.3) is 0 Å². The maximum Gasteiger partial charge on any atom is 0.0362 e. The van der Waals surface area contributed by atoms with Crippen molar-refractivity contribution < 1.29 is 4.21 Å². The molecule has 0 aromatic carbocycles. The molecule has 16 heavy (non-hydrogen) atoms. The fourth-order valence-electron chi connectivity index (χ4n) is 2.38. The lowest BCUT2D eigenvalue weighted by Gasteiger charge is -2.29. The van der Waals surface area contributed by atoms with Gasteiger partial charge in [-0.05, 0) is 38.1 Å². The van der Waals surface area contributed by atoms with Gasteiger partial charge in [-0.15, -0.1) is 0 Å². The maximum atomic E-state index is 12.1. The summed E-state index contributed by atoms with van der Waals surface area (Å²) < 4.78 is 12.1. The molecular formula is C13H27NOS. The average Bonchev–Trinajstić information content (AvgIpc) is 2.26. The summed E-state index contributed by atoms with van der Waals surface area (Å²) in [4.78, 5) is 0. The molecule has 1 saturated carbocycles. The van der Waals surface area contributed by atoms with Crippen LogP contribution in [-0.4, -0.2) is 27.8 Å². The van der Waals surface area contributed by atoms with Crippen molar-refractivity contribution in [1.29, 1.82) is 0 Å². The van der Waals surface area contributed by atoms with Crippen LogP contribution >= 0.6 is 0 Å². The summed E-state index contributed by atoms with van der Waals surface area (Å²) in [5.74, 6) is 1.44. The van der Waals surface area contributed by atoms with Crippen molar-refractivity contribution in [2.45, 2.75) is 64.2 Å². The summed E-state index contributed by atoms with van der Waals surface area (Å²) in [5.41, 5.74) is 0. The van der Waals surface area contributed by atoms with Crippen molar-refractivity contribution in [1.82, 2.24) is 5.32 Å². The molecule has 0 aromatic rings. The monoisotopic (exact) mass is 245 g/mol. The van der Waals surface area contributed by atoms with E-state index in [2.05, 4.69) is 26.1 Å². The third-order valence-electron chi connectivity index (χ3n) is 3.18. The molecule has 3 unspecified atom stereocenters. The first-order chi connectivity index (χ1) is 7.63. The van der Waals surface area contributed by atoms with Crippen molar-refractivity contribution >= 4 is 10.8 Å². The highest BCUT2D eigenvalue weighted by atomic mass is 32.2. The van der Waals surface area contributed by atoms with Crippen LogP contribution in [0.25, 0.3) is 0 Å². The van der Waals surface area contributed by atoms with E-state index in [-0.39, 0.29) is 0 Å². The lowest BCUT2D eigenvalue weighted by atomic mass is 9.95. The van der Waals surface area contributed by atoms with Crippen molar-refractivity contribution in [3.8, 4) is 0 Å². The Bertz CT molecular complexity index is 218. The molecule has 96 valence electrons. The molecular weight excluding hydrogens is 218 g/mol. The second-order valence-corrected chi connectivity index (χ2v) is 7.14. The van der Waals surface area contributed by atoms with Gasteiger partial charge >= 0.3 is 0 Å². The second-order valence-electron chi connectivity index (χ2n) is 5.38. The third kappa shape index (κ3) is 4.96. The van der Waals surface area contributed by atoms with Crippen LogP contribution in [0.5, 0.6) is 0 Å². The zero-order valence-corrected chi connectivity index (χ0v) is 11.8. The van der Waals surface area contributed by atoms with Crippen molar-refractivity contribution in [3.63, 3.8) is 0 Å². The highest BCUT2D eigenvalue weighted by Crippen LogP contribution is 2.23. The summed E-state index contributed by atoms with van der Waals surface area (Å²) in [6.07, 6.45) is 6.00. The van der Waals surface area contributed by atoms with Gasteiger partial charge < -0.3 is 5.32 Å². The van der Waals surface area contributed by atoms with Gasteiger partial charge in [0.05, 0.1) is 0 Å². The molecule has 3 heteroatoms. The van der Waals surface area contributed by atoms with E-state index in [1.807, 2.05) is 0 Å². The predicted octanol–water partition coefficient (Wildman–Crippen LogP) is 2.70. The Kier molecular flexibility index (Phi) is 6.59. The highest BCUT2D eigenvalue weighted by Gasteiger charge is 2.25. The predicted molar refractivity (Wildman–Crippen MR) is 72.2 cm³/mol. The molecule has 0 aromatic heterocycles. The first-order valence-corrected chi connectivity index (χ1v) is 8.12. The van der Waals surface area contributed by atoms with Gasteiger partial charge in [-0.3, -0.25) is 4.21 Å². The first kappa shape index (κ1) is 14.2. The van der Waals surface area contributed by atoms with E-state index in [9.17, 15) is 4.21 Å². The summed E-state index contributed by atoms with van der Waals surface area (Å²) >= 11 is 0. The van der Waals surface area contributed by atoms with E-state index in [1.54, 1.807) is 0 Å². The van der Waals surface area contributed by atoms with Crippen molar-refractivity contribution in [2.75, 3.05) is 12.3 Å². The number of rotatable bonds is 6. The zero-order chi connectivity index (χ0) is 12.0. The van der Waals surface area contributed by atoms with E-state index < -0.39 is 10.8 Å². The molecule has 2 nitrogen and oxygen atoms in total. The Morgan fingerprint density at radius 3 is 2.75 bits per heavy atom. The van der Waals surface area contributed by atoms with Crippen molar-refractivity contribution in [2.24, 2.45) is 5.92 Å². The van der Waals surface area contributed by atoms with E-state index in [1.165, 1.54) is 25.7 Å². The fraction of sp³-hybridized carbons (Fsp3) is 1.00. The number of nitrogens with one attached hydrogen (secondary N) is 1. The molecule has 3 atom stereocenters. The van der Waals surface area contributed by atoms with E-state index >= 15 is 0 Å². The molecule has 1 aliphatic rings. The quantitative estimate of drug-likeness (QED) is 0.779. The molecule has 0 bridgehead atoms. The Labute approximate surface area is 103 Å². The average molecular weight is 245 g/mol. The molecule has 1 N–H and O–H groups in total. The Balaban J connectivity index is 2.34. The van der Waals surface area contributed by atoms with Crippen molar-refractivity contribution in [3.05, 3.63) is 0 Å². The summed E-state index contributed by atoms with van der Waals surface area (Å²) in [5, 5.41) is 4.02. The minimum absolute atomic E-state index is 0.450. The van der Waals surface area contributed by atoms with Crippen LogP contribution in [0.2, 0.25) is 0 Å². The van der Waals surface area contributed by atoms with Crippen LogP contribution in [0.3, 0.4) is 0 Å². The minimum atomic E-state index is -0.603. The third-order valence-corrected chi connectivity index (χ3v) is 5.35. The van der Waals surface area contributed by atoms with E-state index in [0.717, 1.165) is 18.7 Å². The summed E-state index contributed by atoms with van der Waals surface area (Å²) in [6.45, 7) is 7.62. The number of hydrogen-bond donors (Lipinski definition) is 1. The van der Waals surface area contributed by atoms with Gasteiger partial charge in [0.1, 0.15) is 0 Å². The lowest BCUT2D eigenvalue weighted by Crippen LogP contribution is -2.38. The highest BCUT2D eigenvalue weighted by molar-refractivity contribution is 7.85. The Morgan fingerprint density at radius 1 is 1.38 bits per heavy atom. The second kappa shape index (κ2) is 7.44. The molecule has 0 spiro atoms. The van der Waals surface area contributed by atoms with Gasteiger partial charge in [-0.25, -0.2) is 0 Å². The topological polar surface area (TPSA) is 29.1 Å². The molecule has 0 amide bonds. The van der Waals surface area contributed by atoms with Crippen LogP contribution in [0.1, 0.15) is 52.9 Å². The van der Waals surface area contributed by atoms with Crippen LogP contribution < -0.4 is 5.32 Å². The van der Waals surface area contributed by atoms with E-state index in [4.69, 9.17) is 0 Å². The number of hydrogen-bond acceptors (Lipinski definition) is 2. The molecule has 1 fully saturated rings. The summed E-state index contributed by atoms with van der Waals surface area (Å²) in [7, 11) is -0.603. The molecule has 1 aliphatic carbocycles. The van der Waals surface area contributed by atoms with Crippen LogP contribution in [0, 0.1) is 5.92 Å². The lowest BCUT2D eigenvalue weighted by molar-refractivity contribution is 0.377. The van der Waals surface area contributed by atoms with Gasteiger partial charge in [-0.1, -0.05) is 27.2 Å². The van der Waals surface area contributed by atoms with Crippen LogP contribution in [0.4, 0.5) is 0 Å². The molecule has 0 aliphatic heterocycles. The first-order valence-electron chi connectivity index (χ1n) is 6.74. The maximum absolute atomic E-state index is 12.1.